The monoisotopic (exact) mass is 404 g/mol. The average molecular weight is 405 g/mol. The third kappa shape index (κ3) is 3.00. The third-order valence-electron chi connectivity index (χ3n) is 6.48. The Morgan fingerprint density at radius 2 is 1.97 bits per heavy atom. The second kappa shape index (κ2) is 7.00. The Labute approximate surface area is 176 Å². The first-order valence-electron chi connectivity index (χ1n) is 10.6. The van der Waals surface area contributed by atoms with Crippen molar-refractivity contribution in [3.05, 3.63) is 46.9 Å². The summed E-state index contributed by atoms with van der Waals surface area (Å²) in [4.78, 5) is 16.3. The van der Waals surface area contributed by atoms with Gasteiger partial charge in [0, 0.05) is 69.2 Å². The Morgan fingerprint density at radius 1 is 1.13 bits per heavy atom. The molecule has 5 rings (SSSR count). The molecule has 0 unspecified atom stereocenters. The average Bonchev–Trinajstić information content (AvgIpc) is 3.30. The summed E-state index contributed by atoms with van der Waals surface area (Å²) in [7, 11) is 3.97. The van der Waals surface area contributed by atoms with Crippen molar-refractivity contribution < 1.29 is 4.79 Å². The Hall–Kier alpha value is -3.09. The van der Waals surface area contributed by atoms with Crippen molar-refractivity contribution in [3.8, 4) is 11.1 Å². The van der Waals surface area contributed by atoms with Crippen LogP contribution in [0.2, 0.25) is 0 Å². The number of hydrogen-bond donors (Lipinski definition) is 0. The number of aromatic nitrogens is 4. The number of anilines is 2. The number of carbonyl (C=O) groups is 1. The van der Waals surface area contributed by atoms with Crippen molar-refractivity contribution >= 4 is 17.4 Å². The first-order valence-corrected chi connectivity index (χ1v) is 10.6. The van der Waals surface area contributed by atoms with Gasteiger partial charge < -0.3 is 9.80 Å². The highest BCUT2D eigenvalue weighted by molar-refractivity contribution is 5.77. The zero-order valence-electron chi connectivity index (χ0n) is 18.1. The summed E-state index contributed by atoms with van der Waals surface area (Å²) in [5, 5.41) is 9.26. The van der Waals surface area contributed by atoms with Crippen LogP contribution in [0.5, 0.6) is 0 Å². The topological polar surface area (TPSA) is 59.2 Å². The summed E-state index contributed by atoms with van der Waals surface area (Å²) in [5.41, 5.74) is 8.68. The number of benzene rings is 1. The molecular formula is C23H28N6O. The number of carbonyl (C=O) groups excluding carboxylic acids is 1. The fourth-order valence-corrected chi connectivity index (χ4v) is 4.89. The molecule has 0 fully saturated rings. The van der Waals surface area contributed by atoms with E-state index in [-0.39, 0.29) is 5.91 Å². The molecule has 7 nitrogen and oxygen atoms in total. The molecule has 2 aromatic heterocycles. The highest BCUT2D eigenvalue weighted by atomic mass is 16.2. The molecule has 156 valence electrons. The first-order chi connectivity index (χ1) is 14.4. The SMILES string of the molecule is CC(=O)N1CCc2c(c(N3CCCc4cc(-c5cnn(C)c5)c(C)cc43)nn2C)C1. The Kier molecular flexibility index (Phi) is 4.41. The number of fused-ring (bicyclic) bond motifs is 2. The summed E-state index contributed by atoms with van der Waals surface area (Å²) < 4.78 is 3.86. The van der Waals surface area contributed by atoms with Crippen LogP contribution in [-0.4, -0.2) is 43.5 Å². The molecule has 1 amide bonds. The molecule has 30 heavy (non-hydrogen) atoms. The second-order valence-corrected chi connectivity index (χ2v) is 8.52. The molecule has 0 N–H and O–H groups in total. The van der Waals surface area contributed by atoms with Crippen molar-refractivity contribution in [3.63, 3.8) is 0 Å². The van der Waals surface area contributed by atoms with E-state index in [0.29, 0.717) is 6.54 Å². The Bertz CT molecular complexity index is 1140. The van der Waals surface area contributed by atoms with Gasteiger partial charge in [0.15, 0.2) is 5.82 Å². The Balaban J connectivity index is 1.58. The van der Waals surface area contributed by atoms with E-state index in [0.717, 1.165) is 43.7 Å². The predicted octanol–water partition coefficient (Wildman–Crippen LogP) is 3.12. The van der Waals surface area contributed by atoms with Gasteiger partial charge >= 0.3 is 0 Å². The number of hydrogen-bond acceptors (Lipinski definition) is 4. The summed E-state index contributed by atoms with van der Waals surface area (Å²) in [6, 6.07) is 4.62. The summed E-state index contributed by atoms with van der Waals surface area (Å²) >= 11 is 0. The Morgan fingerprint density at radius 3 is 2.70 bits per heavy atom. The number of aryl methyl sites for hydroxylation is 4. The van der Waals surface area contributed by atoms with Crippen LogP contribution in [0.1, 0.15) is 35.7 Å². The summed E-state index contributed by atoms with van der Waals surface area (Å²) in [6.45, 7) is 6.18. The van der Waals surface area contributed by atoms with Crippen LogP contribution in [0, 0.1) is 6.92 Å². The van der Waals surface area contributed by atoms with E-state index in [4.69, 9.17) is 5.10 Å². The van der Waals surface area contributed by atoms with Crippen molar-refractivity contribution in [1.82, 2.24) is 24.5 Å². The summed E-state index contributed by atoms with van der Waals surface area (Å²) in [6.07, 6.45) is 7.01. The summed E-state index contributed by atoms with van der Waals surface area (Å²) in [5.74, 6) is 1.14. The zero-order valence-corrected chi connectivity index (χ0v) is 18.1. The molecule has 0 aliphatic carbocycles. The second-order valence-electron chi connectivity index (χ2n) is 8.52. The predicted molar refractivity (Wildman–Crippen MR) is 117 cm³/mol. The standard InChI is InChI=1S/C23H28N6O/c1-15-10-22-17(11-19(15)18-12-24-26(3)13-18)6-5-8-29(22)23-20-14-28(16(2)30)9-7-21(20)27(4)25-23/h10-13H,5-9,14H2,1-4H3. The van der Waals surface area contributed by atoms with Crippen molar-refractivity contribution in [2.24, 2.45) is 14.1 Å². The smallest absolute Gasteiger partial charge is 0.219 e. The highest BCUT2D eigenvalue weighted by Gasteiger charge is 2.30. The first kappa shape index (κ1) is 18.9. The number of nitrogens with zero attached hydrogens (tertiary/aromatic N) is 6. The highest BCUT2D eigenvalue weighted by Crippen LogP contribution is 2.40. The van der Waals surface area contributed by atoms with Gasteiger partial charge in [0.1, 0.15) is 0 Å². The molecule has 1 aromatic carbocycles. The largest absolute Gasteiger partial charge is 0.338 e. The fourth-order valence-electron chi connectivity index (χ4n) is 4.89. The molecule has 7 heteroatoms. The molecule has 0 saturated carbocycles. The lowest BCUT2D eigenvalue weighted by Gasteiger charge is -2.33. The molecule has 0 saturated heterocycles. The van der Waals surface area contributed by atoms with Gasteiger partial charge in [0.05, 0.1) is 12.7 Å². The van der Waals surface area contributed by atoms with Gasteiger partial charge in [-0.15, -0.1) is 0 Å². The van der Waals surface area contributed by atoms with Crippen LogP contribution in [0.3, 0.4) is 0 Å². The van der Waals surface area contributed by atoms with Crippen LogP contribution in [-0.2, 0) is 38.3 Å². The van der Waals surface area contributed by atoms with E-state index in [1.54, 1.807) is 6.92 Å². The lowest BCUT2D eigenvalue weighted by Crippen LogP contribution is -2.35. The molecule has 0 atom stereocenters. The fraction of sp³-hybridized carbons (Fsp3) is 0.435. The third-order valence-corrected chi connectivity index (χ3v) is 6.48. The molecule has 2 aliphatic rings. The van der Waals surface area contributed by atoms with Gasteiger partial charge in [-0.25, -0.2) is 0 Å². The van der Waals surface area contributed by atoms with Crippen LogP contribution >= 0.6 is 0 Å². The minimum atomic E-state index is 0.131. The maximum atomic E-state index is 12.0. The lowest BCUT2D eigenvalue weighted by atomic mass is 9.93. The minimum absolute atomic E-state index is 0.131. The van der Waals surface area contributed by atoms with Crippen molar-refractivity contribution in [2.45, 2.75) is 39.7 Å². The molecule has 0 bridgehead atoms. The van der Waals surface area contributed by atoms with Gasteiger partial charge in [-0.1, -0.05) is 0 Å². The van der Waals surface area contributed by atoms with Gasteiger partial charge in [0.2, 0.25) is 5.91 Å². The van der Waals surface area contributed by atoms with Crippen molar-refractivity contribution in [1.29, 1.82) is 0 Å². The van der Waals surface area contributed by atoms with E-state index in [9.17, 15) is 4.79 Å². The van der Waals surface area contributed by atoms with Crippen LogP contribution < -0.4 is 4.90 Å². The molecule has 4 heterocycles. The van der Waals surface area contributed by atoms with Gasteiger partial charge in [-0.3, -0.25) is 14.2 Å². The normalized spacial score (nSPS) is 15.9. The van der Waals surface area contributed by atoms with E-state index in [2.05, 4.69) is 35.3 Å². The van der Waals surface area contributed by atoms with Crippen molar-refractivity contribution in [2.75, 3.05) is 18.0 Å². The molecule has 3 aromatic rings. The lowest BCUT2D eigenvalue weighted by molar-refractivity contribution is -0.129. The zero-order chi connectivity index (χ0) is 21.0. The van der Waals surface area contributed by atoms with E-state index < -0.39 is 0 Å². The van der Waals surface area contributed by atoms with Gasteiger partial charge in [-0.2, -0.15) is 10.2 Å². The maximum Gasteiger partial charge on any atom is 0.219 e. The van der Waals surface area contributed by atoms with Gasteiger partial charge in [0.25, 0.3) is 0 Å². The van der Waals surface area contributed by atoms with E-state index >= 15 is 0 Å². The van der Waals surface area contributed by atoms with Gasteiger partial charge in [-0.05, 0) is 48.6 Å². The maximum absolute atomic E-state index is 12.0. The van der Waals surface area contributed by atoms with Crippen LogP contribution in [0.25, 0.3) is 11.1 Å². The quantitative estimate of drug-likeness (QED) is 0.659. The molecule has 0 spiro atoms. The molecule has 2 aliphatic heterocycles. The van der Waals surface area contributed by atoms with E-state index in [1.165, 1.54) is 33.6 Å². The molecule has 0 radical (unpaired) electrons. The number of amides is 1. The number of rotatable bonds is 2. The minimum Gasteiger partial charge on any atom is -0.338 e. The van der Waals surface area contributed by atoms with Crippen LogP contribution in [0.15, 0.2) is 24.5 Å². The molecular weight excluding hydrogens is 376 g/mol. The van der Waals surface area contributed by atoms with Crippen LogP contribution in [0.4, 0.5) is 11.5 Å². The van der Waals surface area contributed by atoms with E-state index in [1.807, 2.05) is 34.6 Å².